The highest BCUT2D eigenvalue weighted by atomic mass is 19.4. The first kappa shape index (κ1) is 15.8. The van der Waals surface area contributed by atoms with E-state index in [0.29, 0.717) is 0 Å². The Morgan fingerprint density at radius 2 is 1.82 bits per heavy atom. The summed E-state index contributed by atoms with van der Waals surface area (Å²) in [6.07, 6.45) is -4.84. The Morgan fingerprint density at radius 3 is 2.45 bits per heavy atom. The van der Waals surface area contributed by atoms with Crippen LogP contribution in [0.1, 0.15) is 10.4 Å². The summed E-state index contributed by atoms with van der Waals surface area (Å²) >= 11 is 0. The summed E-state index contributed by atoms with van der Waals surface area (Å²) in [6.45, 7) is 0. The SMILES string of the molecule is COC(=O)c1ccc(F)c(-c2cccc(OC(F)(F)F)c2)c1. The van der Waals surface area contributed by atoms with E-state index in [2.05, 4.69) is 9.47 Å². The van der Waals surface area contributed by atoms with E-state index in [1.165, 1.54) is 31.4 Å². The summed E-state index contributed by atoms with van der Waals surface area (Å²) in [5, 5.41) is 0. The molecule has 7 heteroatoms. The van der Waals surface area contributed by atoms with Gasteiger partial charge in [-0.25, -0.2) is 9.18 Å². The van der Waals surface area contributed by atoms with Crippen LogP contribution in [-0.2, 0) is 4.74 Å². The molecule has 0 spiro atoms. The molecule has 0 aliphatic rings. The van der Waals surface area contributed by atoms with Crippen molar-refractivity contribution in [3.63, 3.8) is 0 Å². The van der Waals surface area contributed by atoms with Gasteiger partial charge in [0.2, 0.25) is 0 Å². The van der Waals surface area contributed by atoms with Crippen molar-refractivity contribution in [2.45, 2.75) is 6.36 Å². The van der Waals surface area contributed by atoms with Crippen molar-refractivity contribution in [1.29, 1.82) is 0 Å². The Morgan fingerprint density at radius 1 is 1.09 bits per heavy atom. The topological polar surface area (TPSA) is 35.5 Å². The molecule has 0 aromatic heterocycles. The molecule has 0 bridgehead atoms. The van der Waals surface area contributed by atoms with E-state index >= 15 is 0 Å². The van der Waals surface area contributed by atoms with Gasteiger partial charge in [0.15, 0.2) is 0 Å². The lowest BCUT2D eigenvalue weighted by molar-refractivity contribution is -0.274. The minimum atomic E-state index is -4.84. The Hall–Kier alpha value is -2.57. The van der Waals surface area contributed by atoms with Gasteiger partial charge >= 0.3 is 12.3 Å². The standard InChI is InChI=1S/C15H10F4O3/c1-21-14(20)10-5-6-13(16)12(8-10)9-3-2-4-11(7-9)22-15(17,18)19/h2-8H,1H3. The fourth-order valence-corrected chi connectivity index (χ4v) is 1.85. The van der Waals surface area contributed by atoms with Crippen LogP contribution in [0.25, 0.3) is 11.1 Å². The predicted octanol–water partition coefficient (Wildman–Crippen LogP) is 4.18. The second-order valence-corrected chi connectivity index (χ2v) is 4.26. The number of benzene rings is 2. The number of rotatable bonds is 3. The summed E-state index contributed by atoms with van der Waals surface area (Å²) in [7, 11) is 1.17. The number of ether oxygens (including phenoxy) is 2. The van der Waals surface area contributed by atoms with E-state index in [0.717, 1.165) is 18.2 Å². The van der Waals surface area contributed by atoms with E-state index < -0.39 is 23.9 Å². The first-order chi connectivity index (χ1) is 10.3. The van der Waals surface area contributed by atoms with Crippen molar-refractivity contribution in [2.24, 2.45) is 0 Å². The van der Waals surface area contributed by atoms with Crippen LogP contribution in [0.5, 0.6) is 5.75 Å². The van der Waals surface area contributed by atoms with Crippen LogP contribution in [0, 0.1) is 5.82 Å². The zero-order valence-electron chi connectivity index (χ0n) is 11.3. The Bertz CT molecular complexity index is 695. The Balaban J connectivity index is 2.43. The van der Waals surface area contributed by atoms with Gasteiger partial charge in [0, 0.05) is 5.56 Å². The summed E-state index contributed by atoms with van der Waals surface area (Å²) in [6, 6.07) is 8.29. The summed E-state index contributed by atoms with van der Waals surface area (Å²) in [5.74, 6) is -1.84. The van der Waals surface area contributed by atoms with Crippen molar-refractivity contribution in [3.05, 3.63) is 53.8 Å². The van der Waals surface area contributed by atoms with Crippen molar-refractivity contribution in [2.75, 3.05) is 7.11 Å². The largest absolute Gasteiger partial charge is 0.573 e. The quantitative estimate of drug-likeness (QED) is 0.630. The first-order valence-corrected chi connectivity index (χ1v) is 6.04. The fraction of sp³-hybridized carbons (Fsp3) is 0.133. The molecule has 0 unspecified atom stereocenters. The maximum absolute atomic E-state index is 13.9. The maximum atomic E-state index is 13.9. The third-order valence-corrected chi connectivity index (χ3v) is 2.77. The van der Waals surface area contributed by atoms with Crippen LogP contribution in [-0.4, -0.2) is 19.4 Å². The molecule has 0 radical (unpaired) electrons. The van der Waals surface area contributed by atoms with Gasteiger partial charge in [-0.15, -0.1) is 13.2 Å². The molecule has 0 aliphatic heterocycles. The first-order valence-electron chi connectivity index (χ1n) is 6.04. The van der Waals surface area contributed by atoms with Gasteiger partial charge in [0.1, 0.15) is 11.6 Å². The Labute approximate surface area is 123 Å². The van der Waals surface area contributed by atoms with E-state index in [4.69, 9.17) is 0 Å². The molecule has 0 heterocycles. The fourth-order valence-electron chi connectivity index (χ4n) is 1.85. The molecule has 0 N–H and O–H groups in total. The highest BCUT2D eigenvalue weighted by molar-refractivity contribution is 5.91. The number of alkyl halides is 3. The molecule has 116 valence electrons. The number of hydrogen-bond donors (Lipinski definition) is 0. The third-order valence-electron chi connectivity index (χ3n) is 2.77. The highest BCUT2D eigenvalue weighted by Gasteiger charge is 2.31. The minimum absolute atomic E-state index is 0.0319. The zero-order chi connectivity index (χ0) is 16.3. The van der Waals surface area contributed by atoms with Gasteiger partial charge in [-0.05, 0) is 35.9 Å². The smallest absolute Gasteiger partial charge is 0.465 e. The van der Waals surface area contributed by atoms with E-state index in [-0.39, 0.29) is 16.7 Å². The van der Waals surface area contributed by atoms with Crippen molar-refractivity contribution < 1.29 is 31.8 Å². The molecule has 2 aromatic rings. The highest BCUT2D eigenvalue weighted by Crippen LogP contribution is 2.30. The third kappa shape index (κ3) is 3.75. The molecule has 0 atom stereocenters. The molecule has 0 amide bonds. The van der Waals surface area contributed by atoms with Gasteiger partial charge in [-0.2, -0.15) is 0 Å². The van der Waals surface area contributed by atoms with E-state index in [9.17, 15) is 22.4 Å². The molecule has 0 fully saturated rings. The molecular formula is C15H10F4O3. The second kappa shape index (κ2) is 6.05. The summed E-state index contributed by atoms with van der Waals surface area (Å²) < 4.78 is 58.8. The van der Waals surface area contributed by atoms with Gasteiger partial charge in [0.25, 0.3) is 0 Å². The maximum Gasteiger partial charge on any atom is 0.573 e. The summed E-state index contributed by atoms with van der Waals surface area (Å²) in [5.41, 5.74) is 0.196. The lowest BCUT2D eigenvalue weighted by atomic mass is 10.0. The van der Waals surface area contributed by atoms with Gasteiger partial charge in [-0.3, -0.25) is 0 Å². The van der Waals surface area contributed by atoms with Crippen molar-refractivity contribution in [1.82, 2.24) is 0 Å². The van der Waals surface area contributed by atoms with Crippen LogP contribution in [0.3, 0.4) is 0 Å². The lowest BCUT2D eigenvalue weighted by Crippen LogP contribution is -2.17. The molecule has 22 heavy (non-hydrogen) atoms. The number of carbonyl (C=O) groups excluding carboxylic acids is 1. The van der Waals surface area contributed by atoms with E-state index in [1.54, 1.807) is 0 Å². The predicted molar refractivity (Wildman–Crippen MR) is 69.9 cm³/mol. The van der Waals surface area contributed by atoms with Crippen molar-refractivity contribution >= 4 is 5.97 Å². The number of hydrogen-bond acceptors (Lipinski definition) is 3. The molecule has 2 rings (SSSR count). The van der Waals surface area contributed by atoms with Crippen LogP contribution < -0.4 is 4.74 Å². The number of carbonyl (C=O) groups is 1. The van der Waals surface area contributed by atoms with Gasteiger partial charge < -0.3 is 9.47 Å². The molecule has 0 saturated carbocycles. The molecule has 0 aliphatic carbocycles. The average molecular weight is 314 g/mol. The normalized spacial score (nSPS) is 11.1. The Kier molecular flexibility index (Phi) is 4.35. The molecular weight excluding hydrogens is 304 g/mol. The minimum Gasteiger partial charge on any atom is -0.465 e. The van der Waals surface area contributed by atoms with Crippen LogP contribution >= 0.6 is 0 Å². The number of esters is 1. The molecule has 3 nitrogen and oxygen atoms in total. The zero-order valence-corrected chi connectivity index (χ0v) is 11.3. The number of halogens is 4. The van der Waals surface area contributed by atoms with E-state index in [1.807, 2.05) is 0 Å². The average Bonchev–Trinajstić information content (AvgIpc) is 2.45. The second-order valence-electron chi connectivity index (χ2n) is 4.26. The molecule has 0 saturated heterocycles. The van der Waals surface area contributed by atoms with Crippen LogP contribution in [0.4, 0.5) is 17.6 Å². The lowest BCUT2D eigenvalue weighted by Gasteiger charge is -2.11. The van der Waals surface area contributed by atoms with Crippen molar-refractivity contribution in [3.8, 4) is 16.9 Å². The summed E-state index contributed by atoms with van der Waals surface area (Å²) in [4.78, 5) is 11.4. The van der Waals surface area contributed by atoms with Crippen LogP contribution in [0.2, 0.25) is 0 Å². The van der Waals surface area contributed by atoms with Gasteiger partial charge in [-0.1, -0.05) is 12.1 Å². The number of methoxy groups -OCH3 is 1. The monoisotopic (exact) mass is 314 g/mol. The molecule has 2 aromatic carbocycles. The van der Waals surface area contributed by atoms with Crippen LogP contribution in [0.15, 0.2) is 42.5 Å². The van der Waals surface area contributed by atoms with Gasteiger partial charge in [0.05, 0.1) is 12.7 Å².